The zero-order chi connectivity index (χ0) is 23.0. The molecule has 0 aliphatic carbocycles. The molecule has 0 unspecified atom stereocenters. The zero-order valence-corrected chi connectivity index (χ0v) is 18.9. The summed E-state index contributed by atoms with van der Waals surface area (Å²) < 4.78 is 15.5. The van der Waals surface area contributed by atoms with Crippen molar-refractivity contribution in [3.8, 4) is 0 Å². The van der Waals surface area contributed by atoms with Gasteiger partial charge in [0.05, 0.1) is 24.3 Å². The number of benzene rings is 1. The molecule has 0 spiro atoms. The van der Waals surface area contributed by atoms with Gasteiger partial charge in [0, 0.05) is 12.6 Å². The number of β-amino-alcohol motifs (C(OH)–C–C–N with tert-alkyl or cyclic N) is 1. The number of amides is 1. The number of nitrogens with zero attached hydrogens (tertiary/aromatic N) is 2. The van der Waals surface area contributed by atoms with Crippen molar-refractivity contribution in [2.24, 2.45) is 0 Å². The summed E-state index contributed by atoms with van der Waals surface area (Å²) in [6.45, 7) is 9.72. The van der Waals surface area contributed by atoms with E-state index in [4.69, 9.17) is 5.84 Å². The van der Waals surface area contributed by atoms with Gasteiger partial charge < -0.3 is 20.6 Å². The van der Waals surface area contributed by atoms with Crippen molar-refractivity contribution in [1.82, 2.24) is 10.2 Å². The minimum Gasteiger partial charge on any atom is -0.385 e. The lowest BCUT2D eigenvalue weighted by atomic mass is 9.93. The van der Waals surface area contributed by atoms with Crippen LogP contribution in [-0.4, -0.2) is 47.7 Å². The van der Waals surface area contributed by atoms with Gasteiger partial charge >= 0.3 is 0 Å². The second-order valence-electron chi connectivity index (χ2n) is 7.74. The third kappa shape index (κ3) is 6.38. The van der Waals surface area contributed by atoms with Crippen molar-refractivity contribution >= 4 is 17.3 Å². The van der Waals surface area contributed by atoms with E-state index < -0.39 is 11.4 Å². The van der Waals surface area contributed by atoms with Crippen molar-refractivity contribution < 1.29 is 19.0 Å². The van der Waals surface area contributed by atoms with Crippen molar-refractivity contribution in [2.75, 3.05) is 37.3 Å². The van der Waals surface area contributed by atoms with Gasteiger partial charge in [0.2, 0.25) is 6.20 Å². The van der Waals surface area contributed by atoms with Crippen LogP contribution in [0.3, 0.4) is 0 Å². The number of unbranched alkanes of at least 4 members (excludes halogenated alkanes) is 1. The van der Waals surface area contributed by atoms with Crippen LogP contribution in [0.25, 0.3) is 0 Å². The quantitative estimate of drug-likeness (QED) is 0.292. The second-order valence-corrected chi connectivity index (χ2v) is 7.74. The monoisotopic (exact) mass is 432 g/mol. The van der Waals surface area contributed by atoms with E-state index in [2.05, 4.69) is 17.6 Å². The minimum absolute atomic E-state index is 0.237. The maximum Gasteiger partial charge on any atom is 0.256 e. The van der Waals surface area contributed by atoms with Gasteiger partial charge in [0.15, 0.2) is 6.20 Å². The molecule has 1 aliphatic rings. The molecule has 2 heterocycles. The molecule has 1 aromatic heterocycles. The molecule has 0 saturated carbocycles. The number of likely N-dealkylation sites (tertiary alicyclic amines) is 1. The standard InChI is InChI=1S/C21H28FN5O2.C2H6/c1-3-4-8-24-12-21(29)13-26(14-21)20(28)16-7-9-27(23)11-19(16)25-18-6-5-15(2)10-17(18)22;1-2/h5-7,9-11,24,29H,3-4,8,12-14H2,1-2H3,(H2-,23,25,28);1-2H3/p+1. The Balaban J connectivity index is 0.00000166. The molecule has 1 saturated heterocycles. The largest absolute Gasteiger partial charge is 0.385 e. The maximum absolute atomic E-state index is 14.2. The molecule has 1 fully saturated rings. The minimum atomic E-state index is -0.914. The molecule has 170 valence electrons. The van der Waals surface area contributed by atoms with Crippen LogP contribution in [0.4, 0.5) is 15.8 Å². The first-order valence-corrected chi connectivity index (χ1v) is 10.9. The van der Waals surface area contributed by atoms with E-state index in [9.17, 15) is 14.3 Å². The average Bonchev–Trinajstić information content (AvgIpc) is 2.72. The Morgan fingerprint density at radius 1 is 1.29 bits per heavy atom. The van der Waals surface area contributed by atoms with Crippen molar-refractivity contribution in [3.63, 3.8) is 0 Å². The highest BCUT2D eigenvalue weighted by atomic mass is 19.1. The van der Waals surface area contributed by atoms with Crippen molar-refractivity contribution in [3.05, 3.63) is 53.6 Å². The topological polar surface area (TPSA) is 94.5 Å². The van der Waals surface area contributed by atoms with E-state index in [0.29, 0.717) is 17.8 Å². The molecule has 1 aliphatic heterocycles. The van der Waals surface area contributed by atoms with Gasteiger partial charge in [0.1, 0.15) is 17.1 Å². The Hall–Kier alpha value is -2.71. The molecule has 7 nitrogen and oxygen atoms in total. The summed E-state index contributed by atoms with van der Waals surface area (Å²) in [4.78, 5) is 14.5. The van der Waals surface area contributed by atoms with Crippen LogP contribution in [0, 0.1) is 12.7 Å². The highest BCUT2D eigenvalue weighted by molar-refractivity contribution is 6.00. The fourth-order valence-electron chi connectivity index (χ4n) is 3.38. The number of anilines is 2. The predicted octanol–water partition coefficient (Wildman–Crippen LogP) is 2.48. The number of aryl methyl sites for hydroxylation is 1. The summed E-state index contributed by atoms with van der Waals surface area (Å²) in [7, 11) is 0. The maximum atomic E-state index is 14.2. The highest BCUT2D eigenvalue weighted by Crippen LogP contribution is 2.27. The number of nitrogens with two attached hydrogens (primary N) is 1. The van der Waals surface area contributed by atoms with Gasteiger partial charge in [-0.15, -0.1) is 0 Å². The number of rotatable bonds is 8. The molecular weight excluding hydrogens is 397 g/mol. The third-order valence-electron chi connectivity index (χ3n) is 5.02. The van der Waals surface area contributed by atoms with Crippen LogP contribution in [0.5, 0.6) is 0 Å². The fraction of sp³-hybridized carbons (Fsp3) is 0.478. The molecule has 1 amide bonds. The van der Waals surface area contributed by atoms with Gasteiger partial charge in [-0.1, -0.05) is 37.9 Å². The lowest BCUT2D eigenvalue weighted by Gasteiger charge is -2.46. The summed E-state index contributed by atoms with van der Waals surface area (Å²) in [5.74, 6) is 5.15. The van der Waals surface area contributed by atoms with Gasteiger partial charge in [-0.25, -0.2) is 10.2 Å². The Labute approximate surface area is 184 Å². The first-order chi connectivity index (χ1) is 14.8. The summed E-state index contributed by atoms with van der Waals surface area (Å²) in [6, 6.07) is 6.42. The lowest BCUT2D eigenvalue weighted by Crippen LogP contribution is -2.67. The Morgan fingerprint density at radius 2 is 2.00 bits per heavy atom. The first kappa shape index (κ1) is 24.6. The van der Waals surface area contributed by atoms with Crippen LogP contribution in [-0.2, 0) is 0 Å². The first-order valence-electron chi connectivity index (χ1n) is 10.9. The predicted molar refractivity (Wildman–Crippen MR) is 121 cm³/mol. The van der Waals surface area contributed by atoms with Gasteiger partial charge in [-0.3, -0.25) is 4.79 Å². The number of hydrogen-bond donors (Lipinski definition) is 4. The lowest BCUT2D eigenvalue weighted by molar-refractivity contribution is -0.638. The molecule has 31 heavy (non-hydrogen) atoms. The van der Waals surface area contributed by atoms with Crippen LogP contribution in [0.2, 0.25) is 0 Å². The van der Waals surface area contributed by atoms with E-state index >= 15 is 0 Å². The van der Waals surface area contributed by atoms with Crippen LogP contribution in [0.15, 0.2) is 36.7 Å². The Morgan fingerprint density at radius 3 is 2.65 bits per heavy atom. The molecule has 5 N–H and O–H groups in total. The van der Waals surface area contributed by atoms with E-state index in [1.165, 1.54) is 16.9 Å². The number of aliphatic hydroxyl groups is 1. The smallest absolute Gasteiger partial charge is 0.256 e. The van der Waals surface area contributed by atoms with E-state index in [-0.39, 0.29) is 24.7 Å². The van der Waals surface area contributed by atoms with E-state index in [0.717, 1.165) is 24.9 Å². The molecule has 8 heteroatoms. The van der Waals surface area contributed by atoms with E-state index in [1.807, 2.05) is 13.8 Å². The van der Waals surface area contributed by atoms with Crippen molar-refractivity contribution in [2.45, 2.75) is 46.1 Å². The molecular formula is C23H35FN5O2+. The number of halogens is 1. The molecule has 0 atom stereocenters. The third-order valence-corrected chi connectivity index (χ3v) is 5.02. The number of carbonyl (C=O) groups is 1. The molecule has 2 aromatic rings. The zero-order valence-electron chi connectivity index (χ0n) is 18.9. The summed E-state index contributed by atoms with van der Waals surface area (Å²) >= 11 is 0. The number of nitrogens with one attached hydrogen (secondary N) is 2. The second kappa shape index (κ2) is 11.1. The van der Waals surface area contributed by atoms with Gasteiger partial charge in [-0.05, 0) is 37.6 Å². The average molecular weight is 433 g/mol. The summed E-state index contributed by atoms with van der Waals surface area (Å²) in [5.41, 5.74) is 0.921. The summed E-state index contributed by atoms with van der Waals surface area (Å²) in [5, 5.41) is 16.7. The Bertz CT molecular complexity index is 884. The molecule has 0 bridgehead atoms. The summed E-state index contributed by atoms with van der Waals surface area (Å²) in [6.07, 6.45) is 5.22. The molecule has 1 aromatic carbocycles. The fourth-order valence-corrected chi connectivity index (χ4v) is 3.38. The highest BCUT2D eigenvalue weighted by Gasteiger charge is 2.44. The normalized spacial score (nSPS) is 14.3. The van der Waals surface area contributed by atoms with Crippen LogP contribution >= 0.6 is 0 Å². The number of hydrogen-bond acceptors (Lipinski definition) is 5. The van der Waals surface area contributed by atoms with E-state index in [1.54, 1.807) is 36.2 Å². The SMILES string of the molecule is CC.CCCCNCC1(O)CN(C(=O)c2cc[n+](N)cc2Nc2ccc(C)cc2F)C1. The van der Waals surface area contributed by atoms with Gasteiger partial charge in [-0.2, -0.15) is 0 Å². The number of nitrogen functional groups attached to an aromatic ring is 1. The number of pyridine rings is 1. The molecule has 0 radical (unpaired) electrons. The van der Waals surface area contributed by atoms with Crippen molar-refractivity contribution in [1.29, 1.82) is 0 Å². The van der Waals surface area contributed by atoms with Crippen LogP contribution < -0.4 is 21.2 Å². The Kier molecular flexibility index (Phi) is 8.76. The van der Waals surface area contributed by atoms with Crippen LogP contribution in [0.1, 0.15) is 49.5 Å². The van der Waals surface area contributed by atoms with Gasteiger partial charge in [0.25, 0.3) is 5.91 Å². The molecule has 3 rings (SSSR count). The number of carbonyl (C=O) groups excluding carboxylic acids is 1. The number of aromatic nitrogens is 1.